The van der Waals surface area contributed by atoms with E-state index in [0.717, 1.165) is 6.42 Å². The van der Waals surface area contributed by atoms with E-state index in [4.69, 9.17) is 14.2 Å². The van der Waals surface area contributed by atoms with Gasteiger partial charge in [-0.05, 0) is 30.7 Å². The number of hydrogen-bond donors (Lipinski definition) is 1. The molecule has 3 aromatic rings. The molecule has 0 aliphatic heterocycles. The van der Waals surface area contributed by atoms with Crippen LogP contribution in [0, 0.1) is 0 Å². The van der Waals surface area contributed by atoms with Gasteiger partial charge in [0.2, 0.25) is 13.6 Å². The lowest BCUT2D eigenvalue weighted by molar-refractivity contribution is -0.150. The van der Waals surface area contributed by atoms with Crippen LogP contribution in [-0.2, 0) is 33.3 Å². The first-order chi connectivity index (χ1) is 20.2. The van der Waals surface area contributed by atoms with Crippen LogP contribution in [0.3, 0.4) is 0 Å². The molecule has 3 rings (SSSR count). The van der Waals surface area contributed by atoms with Crippen LogP contribution in [-0.4, -0.2) is 71.5 Å². The quantitative estimate of drug-likeness (QED) is 0.230. The molecule has 0 saturated carbocycles. The van der Waals surface area contributed by atoms with E-state index in [1.165, 1.54) is 38.1 Å². The molecule has 0 atom stereocenters. The van der Waals surface area contributed by atoms with E-state index in [0.29, 0.717) is 6.54 Å². The van der Waals surface area contributed by atoms with Crippen LogP contribution in [0.25, 0.3) is 22.8 Å². The SMILES string of the molecule is CCCNC(=O)COc1cc(-c2cccc(C(=O)OCOC(C)=O)n2)nc(-c2cccc(C(=O)OCOC(C)=O)n2)c1. The Kier molecular flexibility index (Phi) is 11.4. The summed E-state index contributed by atoms with van der Waals surface area (Å²) in [4.78, 5) is 72.0. The summed E-state index contributed by atoms with van der Waals surface area (Å²) in [5, 5.41) is 2.71. The smallest absolute Gasteiger partial charge is 0.359 e. The third kappa shape index (κ3) is 9.66. The van der Waals surface area contributed by atoms with Crippen LogP contribution in [0.1, 0.15) is 48.2 Å². The van der Waals surface area contributed by atoms with Crippen molar-refractivity contribution in [3.05, 3.63) is 59.9 Å². The van der Waals surface area contributed by atoms with Gasteiger partial charge in [0.05, 0.1) is 22.8 Å². The van der Waals surface area contributed by atoms with Gasteiger partial charge >= 0.3 is 23.9 Å². The van der Waals surface area contributed by atoms with Gasteiger partial charge in [0.25, 0.3) is 5.91 Å². The van der Waals surface area contributed by atoms with Crippen LogP contribution in [0.5, 0.6) is 5.75 Å². The zero-order valence-corrected chi connectivity index (χ0v) is 23.1. The summed E-state index contributed by atoms with van der Waals surface area (Å²) in [7, 11) is 0. The number of nitrogens with zero attached hydrogens (tertiary/aromatic N) is 3. The fourth-order valence-corrected chi connectivity index (χ4v) is 3.18. The Hall–Kier alpha value is -5.40. The number of nitrogens with one attached hydrogen (secondary N) is 1. The molecule has 0 fully saturated rings. The minimum absolute atomic E-state index is 0.0797. The first-order valence-electron chi connectivity index (χ1n) is 12.6. The Morgan fingerprint density at radius 3 is 1.64 bits per heavy atom. The third-order valence-corrected chi connectivity index (χ3v) is 5.09. The van der Waals surface area contributed by atoms with Crippen LogP contribution < -0.4 is 10.1 Å². The Bertz CT molecular complexity index is 1370. The van der Waals surface area contributed by atoms with Crippen molar-refractivity contribution in [1.82, 2.24) is 20.3 Å². The van der Waals surface area contributed by atoms with Gasteiger partial charge in [-0.25, -0.2) is 24.5 Å². The van der Waals surface area contributed by atoms with E-state index in [1.807, 2.05) is 6.92 Å². The van der Waals surface area contributed by atoms with Crippen molar-refractivity contribution < 1.29 is 47.7 Å². The molecule has 0 bridgehead atoms. The molecule has 0 saturated heterocycles. The van der Waals surface area contributed by atoms with Gasteiger partial charge in [0.15, 0.2) is 6.61 Å². The predicted molar refractivity (Wildman–Crippen MR) is 144 cm³/mol. The highest BCUT2D eigenvalue weighted by Gasteiger charge is 2.17. The molecule has 0 spiro atoms. The van der Waals surface area contributed by atoms with Crippen molar-refractivity contribution in [2.75, 3.05) is 26.7 Å². The number of carbonyl (C=O) groups excluding carboxylic acids is 5. The zero-order valence-electron chi connectivity index (χ0n) is 23.1. The number of amides is 1. The normalized spacial score (nSPS) is 10.3. The van der Waals surface area contributed by atoms with E-state index in [2.05, 4.69) is 29.7 Å². The van der Waals surface area contributed by atoms with E-state index in [9.17, 15) is 24.0 Å². The van der Waals surface area contributed by atoms with Crippen LogP contribution >= 0.6 is 0 Å². The van der Waals surface area contributed by atoms with Crippen molar-refractivity contribution in [3.8, 4) is 28.5 Å². The van der Waals surface area contributed by atoms with Gasteiger partial charge in [-0.15, -0.1) is 0 Å². The number of pyridine rings is 3. The number of rotatable bonds is 13. The second-order valence-electron chi connectivity index (χ2n) is 8.40. The minimum atomic E-state index is -0.833. The molecule has 3 heterocycles. The summed E-state index contributed by atoms with van der Waals surface area (Å²) in [6.07, 6.45) is 0.756. The van der Waals surface area contributed by atoms with Gasteiger partial charge < -0.3 is 29.0 Å². The van der Waals surface area contributed by atoms with Crippen LogP contribution in [0.2, 0.25) is 0 Å². The second-order valence-corrected chi connectivity index (χ2v) is 8.40. The molecule has 0 aliphatic rings. The van der Waals surface area contributed by atoms with Crippen molar-refractivity contribution >= 4 is 29.8 Å². The average Bonchev–Trinajstić information content (AvgIpc) is 2.98. The summed E-state index contributed by atoms with van der Waals surface area (Å²) in [6, 6.07) is 12.1. The first kappa shape index (κ1) is 31.1. The number of aromatic nitrogens is 3. The summed E-state index contributed by atoms with van der Waals surface area (Å²) in [5.41, 5.74) is 0.825. The van der Waals surface area contributed by atoms with Crippen LogP contribution in [0.4, 0.5) is 0 Å². The molecule has 1 N–H and O–H groups in total. The Balaban J connectivity index is 1.94. The summed E-state index contributed by atoms with van der Waals surface area (Å²) < 4.78 is 24.8. The minimum Gasteiger partial charge on any atom is -0.484 e. The third-order valence-electron chi connectivity index (χ3n) is 5.09. The molecule has 42 heavy (non-hydrogen) atoms. The van der Waals surface area contributed by atoms with Crippen molar-refractivity contribution in [2.24, 2.45) is 0 Å². The van der Waals surface area contributed by atoms with Crippen LogP contribution in [0.15, 0.2) is 48.5 Å². The molecule has 1 amide bonds. The first-order valence-corrected chi connectivity index (χ1v) is 12.6. The lowest BCUT2D eigenvalue weighted by Gasteiger charge is -2.12. The lowest BCUT2D eigenvalue weighted by atomic mass is 10.1. The fourth-order valence-electron chi connectivity index (χ4n) is 3.18. The molecular formula is C28H28N4O10. The van der Waals surface area contributed by atoms with E-state index in [1.54, 1.807) is 24.3 Å². The molecule has 3 aromatic heterocycles. The molecular weight excluding hydrogens is 552 g/mol. The maximum absolute atomic E-state index is 12.4. The summed E-state index contributed by atoms with van der Waals surface area (Å²) in [5.74, 6) is -2.99. The number of esters is 4. The zero-order chi connectivity index (χ0) is 30.5. The highest BCUT2D eigenvalue weighted by atomic mass is 16.7. The molecule has 0 unspecified atom stereocenters. The molecule has 14 heteroatoms. The number of hydrogen-bond acceptors (Lipinski definition) is 13. The molecule has 14 nitrogen and oxygen atoms in total. The number of ether oxygens (including phenoxy) is 5. The van der Waals surface area contributed by atoms with Crippen molar-refractivity contribution in [1.29, 1.82) is 0 Å². The predicted octanol–water partition coefficient (Wildman–Crippen LogP) is 2.47. The molecule has 220 valence electrons. The molecule has 0 radical (unpaired) electrons. The topological polar surface area (TPSA) is 182 Å². The maximum atomic E-state index is 12.4. The Morgan fingerprint density at radius 1 is 0.690 bits per heavy atom. The molecule has 0 aliphatic carbocycles. The van der Waals surface area contributed by atoms with Crippen molar-refractivity contribution in [2.45, 2.75) is 27.2 Å². The largest absolute Gasteiger partial charge is 0.484 e. The monoisotopic (exact) mass is 580 g/mol. The highest BCUT2D eigenvalue weighted by Crippen LogP contribution is 2.27. The van der Waals surface area contributed by atoms with Crippen molar-refractivity contribution in [3.63, 3.8) is 0 Å². The second kappa shape index (κ2) is 15.4. The Labute approximate surface area is 240 Å². The highest BCUT2D eigenvalue weighted by molar-refractivity contribution is 5.88. The maximum Gasteiger partial charge on any atom is 0.359 e. The lowest BCUT2D eigenvalue weighted by Crippen LogP contribution is -2.29. The fraction of sp³-hybridized carbons (Fsp3) is 0.286. The van der Waals surface area contributed by atoms with Gasteiger partial charge in [-0.2, -0.15) is 0 Å². The summed E-state index contributed by atoms with van der Waals surface area (Å²) in [6.45, 7) is 3.33. The van der Waals surface area contributed by atoms with Gasteiger partial charge in [0.1, 0.15) is 17.1 Å². The number of carbonyl (C=O) groups is 5. The van der Waals surface area contributed by atoms with Gasteiger partial charge in [-0.3, -0.25) is 14.4 Å². The average molecular weight is 581 g/mol. The van der Waals surface area contributed by atoms with E-state index in [-0.39, 0.29) is 52.4 Å². The Morgan fingerprint density at radius 2 is 1.19 bits per heavy atom. The molecule has 0 aromatic carbocycles. The summed E-state index contributed by atoms with van der Waals surface area (Å²) >= 11 is 0. The van der Waals surface area contributed by atoms with Gasteiger partial charge in [0, 0.05) is 32.5 Å². The standard InChI is InChI=1S/C28H28N4O10/c1-4-11-29-26(35)14-38-19-12-24(20-7-5-9-22(30-20)27(36)41-15-39-17(2)33)32-25(13-19)21-8-6-10-23(31-21)28(37)42-16-40-18(3)34/h5-10,12-13H,4,11,14-16H2,1-3H3,(H,29,35). The van der Waals surface area contributed by atoms with Gasteiger partial charge in [-0.1, -0.05) is 19.1 Å². The van der Waals surface area contributed by atoms with E-state index >= 15 is 0 Å². The van der Waals surface area contributed by atoms with E-state index < -0.39 is 37.5 Å².